The van der Waals surface area contributed by atoms with Crippen molar-refractivity contribution in [1.29, 1.82) is 0 Å². The highest BCUT2D eigenvalue weighted by Gasteiger charge is 2.12. The smallest absolute Gasteiger partial charge is 0.257 e. The van der Waals surface area contributed by atoms with E-state index in [1.165, 1.54) is 6.07 Å². The van der Waals surface area contributed by atoms with Crippen molar-refractivity contribution in [3.63, 3.8) is 0 Å². The molecule has 0 saturated carbocycles. The van der Waals surface area contributed by atoms with Crippen LogP contribution in [-0.2, 0) is 0 Å². The topological polar surface area (TPSA) is 41.1 Å². The highest BCUT2D eigenvalue weighted by atomic mass is 127. The first-order valence-electron chi connectivity index (χ1n) is 6.51. The molecular weight excluding hydrogens is 414 g/mol. The van der Waals surface area contributed by atoms with Gasteiger partial charge in [-0.1, -0.05) is 17.7 Å². The molecule has 1 amide bonds. The molecule has 0 aliphatic heterocycles. The van der Waals surface area contributed by atoms with Crippen molar-refractivity contribution in [2.75, 3.05) is 5.32 Å². The average Bonchev–Trinajstić information content (AvgIpc) is 2.41. The Balaban J connectivity index is 2.06. The maximum atomic E-state index is 13.7. The molecule has 0 heterocycles. The summed E-state index contributed by atoms with van der Waals surface area (Å²) in [5, 5.41) is 5.31. The normalized spacial score (nSPS) is 10.2. The minimum atomic E-state index is -0.421. The fraction of sp³-hybridized carbons (Fsp3) is 0.125. The van der Waals surface area contributed by atoms with Gasteiger partial charge in [-0.25, -0.2) is 4.39 Å². The van der Waals surface area contributed by atoms with Crippen LogP contribution in [0.5, 0.6) is 0 Å². The number of rotatable bonds is 2. The van der Waals surface area contributed by atoms with Crippen molar-refractivity contribution in [3.8, 4) is 0 Å². The number of halogens is 2. The number of hydrogen-bond acceptors (Lipinski definition) is 2. The van der Waals surface area contributed by atoms with Crippen LogP contribution in [-0.4, -0.2) is 11.0 Å². The Morgan fingerprint density at radius 2 is 1.91 bits per heavy atom. The van der Waals surface area contributed by atoms with Gasteiger partial charge in [0, 0.05) is 9.13 Å². The van der Waals surface area contributed by atoms with Crippen LogP contribution in [0.25, 0.3) is 0 Å². The maximum Gasteiger partial charge on any atom is 0.257 e. The van der Waals surface area contributed by atoms with Crippen LogP contribution in [0.4, 0.5) is 10.1 Å². The summed E-state index contributed by atoms with van der Waals surface area (Å²) >= 11 is 7.08. The SMILES string of the molecule is Cc1ccc(C(=O)NC(=S)Nc2ccc(I)cc2F)c(C)c1. The molecule has 0 bridgehead atoms. The van der Waals surface area contributed by atoms with Crippen LogP contribution in [0.3, 0.4) is 0 Å². The summed E-state index contributed by atoms with van der Waals surface area (Å²) in [6, 6.07) is 10.2. The third-order valence-corrected chi connectivity index (χ3v) is 3.91. The van der Waals surface area contributed by atoms with E-state index in [-0.39, 0.29) is 16.7 Å². The summed E-state index contributed by atoms with van der Waals surface area (Å²) in [6.45, 7) is 3.82. The highest BCUT2D eigenvalue weighted by molar-refractivity contribution is 14.1. The molecule has 3 nitrogen and oxygen atoms in total. The van der Waals surface area contributed by atoms with Crippen molar-refractivity contribution in [2.45, 2.75) is 13.8 Å². The van der Waals surface area contributed by atoms with E-state index < -0.39 is 5.82 Å². The molecular formula is C16H14FIN2OS. The summed E-state index contributed by atoms with van der Waals surface area (Å²) in [5.74, 6) is -0.740. The number of benzene rings is 2. The summed E-state index contributed by atoms with van der Waals surface area (Å²) in [5.41, 5.74) is 2.71. The van der Waals surface area contributed by atoms with Gasteiger partial charge in [-0.2, -0.15) is 0 Å². The van der Waals surface area contributed by atoms with E-state index in [0.29, 0.717) is 5.56 Å². The quantitative estimate of drug-likeness (QED) is 0.557. The van der Waals surface area contributed by atoms with E-state index >= 15 is 0 Å². The highest BCUT2D eigenvalue weighted by Crippen LogP contribution is 2.17. The Morgan fingerprint density at radius 3 is 2.55 bits per heavy atom. The third-order valence-electron chi connectivity index (χ3n) is 3.03. The number of hydrogen-bond donors (Lipinski definition) is 2. The molecule has 0 aliphatic carbocycles. The van der Waals surface area contributed by atoms with Crippen molar-refractivity contribution in [2.24, 2.45) is 0 Å². The van der Waals surface area contributed by atoms with Crippen LogP contribution < -0.4 is 10.6 Å². The number of thiocarbonyl (C=S) groups is 1. The van der Waals surface area contributed by atoms with E-state index in [0.717, 1.165) is 14.7 Å². The number of carbonyl (C=O) groups is 1. The Bertz CT molecular complexity index is 749. The lowest BCUT2D eigenvalue weighted by Gasteiger charge is -2.12. The Morgan fingerprint density at radius 1 is 1.18 bits per heavy atom. The zero-order valence-corrected chi connectivity index (χ0v) is 15.0. The predicted octanol–water partition coefficient (Wildman–Crippen LogP) is 4.17. The molecule has 6 heteroatoms. The second kappa shape index (κ2) is 7.15. The molecule has 0 unspecified atom stereocenters. The average molecular weight is 428 g/mol. The van der Waals surface area contributed by atoms with Crippen molar-refractivity contribution >= 4 is 51.5 Å². The number of anilines is 1. The molecule has 0 atom stereocenters. The minimum absolute atomic E-state index is 0.0603. The van der Waals surface area contributed by atoms with Gasteiger partial charge in [-0.15, -0.1) is 0 Å². The van der Waals surface area contributed by atoms with Gasteiger partial charge in [0.2, 0.25) is 0 Å². The molecule has 2 N–H and O–H groups in total. The Labute approximate surface area is 147 Å². The maximum absolute atomic E-state index is 13.7. The van der Waals surface area contributed by atoms with Gasteiger partial charge in [0.05, 0.1) is 5.69 Å². The third kappa shape index (κ3) is 4.23. The number of amides is 1. The number of aryl methyl sites for hydroxylation is 2. The lowest BCUT2D eigenvalue weighted by Crippen LogP contribution is -2.34. The van der Waals surface area contributed by atoms with E-state index in [1.807, 2.05) is 48.6 Å². The van der Waals surface area contributed by atoms with Crippen LogP contribution in [0.15, 0.2) is 36.4 Å². The standard InChI is InChI=1S/C16H14FIN2OS/c1-9-3-5-12(10(2)7-9)15(21)20-16(22)19-14-6-4-11(18)8-13(14)17/h3-8H,1-2H3,(H2,19,20,21,22). The molecule has 0 aliphatic rings. The van der Waals surface area contributed by atoms with Gasteiger partial charge in [-0.05, 0) is 78.5 Å². The lowest BCUT2D eigenvalue weighted by atomic mass is 10.1. The first-order valence-corrected chi connectivity index (χ1v) is 8.00. The van der Waals surface area contributed by atoms with E-state index in [2.05, 4.69) is 10.6 Å². The molecule has 0 radical (unpaired) electrons. The molecule has 0 fully saturated rings. The fourth-order valence-corrected chi connectivity index (χ4v) is 2.64. The number of nitrogens with one attached hydrogen (secondary N) is 2. The molecule has 114 valence electrons. The zero-order chi connectivity index (χ0) is 16.3. The summed E-state index contributed by atoms with van der Waals surface area (Å²) in [4.78, 5) is 12.2. The molecule has 0 aromatic heterocycles. The van der Waals surface area contributed by atoms with Gasteiger partial charge in [-0.3, -0.25) is 10.1 Å². The van der Waals surface area contributed by atoms with Crippen LogP contribution >= 0.6 is 34.8 Å². The summed E-state index contributed by atoms with van der Waals surface area (Å²) < 4.78 is 14.5. The zero-order valence-electron chi connectivity index (χ0n) is 12.0. The summed E-state index contributed by atoms with van der Waals surface area (Å²) in [6.07, 6.45) is 0. The monoisotopic (exact) mass is 428 g/mol. The molecule has 0 saturated heterocycles. The lowest BCUT2D eigenvalue weighted by molar-refractivity contribution is 0.0977. The minimum Gasteiger partial charge on any atom is -0.330 e. The fourth-order valence-electron chi connectivity index (χ4n) is 1.98. The Hall–Kier alpha value is -1.54. The summed E-state index contributed by atoms with van der Waals surface area (Å²) in [7, 11) is 0. The van der Waals surface area contributed by atoms with Gasteiger partial charge in [0.15, 0.2) is 5.11 Å². The molecule has 0 spiro atoms. The molecule has 2 aromatic rings. The first-order chi connectivity index (χ1) is 10.4. The largest absolute Gasteiger partial charge is 0.330 e. The number of carbonyl (C=O) groups excluding carboxylic acids is 1. The van der Waals surface area contributed by atoms with E-state index in [1.54, 1.807) is 18.2 Å². The molecule has 2 rings (SSSR count). The van der Waals surface area contributed by atoms with Crippen LogP contribution in [0, 0.1) is 23.2 Å². The van der Waals surface area contributed by atoms with Gasteiger partial charge in [0.25, 0.3) is 5.91 Å². The van der Waals surface area contributed by atoms with E-state index in [4.69, 9.17) is 12.2 Å². The first kappa shape index (κ1) is 16.8. The van der Waals surface area contributed by atoms with Gasteiger partial charge < -0.3 is 5.32 Å². The van der Waals surface area contributed by atoms with Crippen LogP contribution in [0.1, 0.15) is 21.5 Å². The second-order valence-corrected chi connectivity index (χ2v) is 6.50. The molecule has 22 heavy (non-hydrogen) atoms. The van der Waals surface area contributed by atoms with Gasteiger partial charge in [0.1, 0.15) is 5.82 Å². The Kier molecular flexibility index (Phi) is 5.47. The van der Waals surface area contributed by atoms with Crippen molar-refractivity contribution in [1.82, 2.24) is 5.32 Å². The van der Waals surface area contributed by atoms with Crippen LogP contribution in [0.2, 0.25) is 0 Å². The van der Waals surface area contributed by atoms with Crippen molar-refractivity contribution in [3.05, 3.63) is 62.5 Å². The van der Waals surface area contributed by atoms with Crippen molar-refractivity contribution < 1.29 is 9.18 Å². The predicted molar refractivity (Wildman–Crippen MR) is 98.7 cm³/mol. The second-order valence-electron chi connectivity index (χ2n) is 4.85. The van der Waals surface area contributed by atoms with E-state index in [9.17, 15) is 9.18 Å². The molecule has 2 aromatic carbocycles. The van der Waals surface area contributed by atoms with Gasteiger partial charge >= 0.3 is 0 Å².